The van der Waals surface area contributed by atoms with Crippen molar-refractivity contribution >= 4 is 22.9 Å². The maximum Gasteiger partial charge on any atom is 0.258 e. The molecule has 29 heavy (non-hydrogen) atoms. The van der Waals surface area contributed by atoms with E-state index in [-0.39, 0.29) is 5.56 Å². The number of alkyl halides is 1. The lowest BCUT2D eigenvalue weighted by molar-refractivity contribution is 0.452. The Morgan fingerprint density at radius 2 is 2.00 bits per heavy atom. The first-order valence-corrected chi connectivity index (χ1v) is 10.3. The summed E-state index contributed by atoms with van der Waals surface area (Å²) in [7, 11) is 0. The standard InChI is InChI=1S/C21H21ClN6O/c1-13-10-27-11-16(6-15(8-22)21(27)25-13)17-7-20(29)28-12-18(24-9-19(28)26-17)14-2-4-23-5-3-14/h6-7,9-12,14,23H,2-5,8H2,1H3. The number of halogens is 1. The number of hydrogen-bond acceptors (Lipinski definition) is 5. The molecular formula is C21H21ClN6O. The fourth-order valence-corrected chi connectivity index (χ4v) is 4.23. The van der Waals surface area contributed by atoms with Crippen LogP contribution in [0, 0.1) is 6.92 Å². The largest absolute Gasteiger partial charge is 0.317 e. The van der Waals surface area contributed by atoms with E-state index in [1.807, 2.05) is 36.0 Å². The molecule has 148 valence electrons. The summed E-state index contributed by atoms with van der Waals surface area (Å²) in [6.45, 7) is 3.90. The lowest BCUT2D eigenvalue weighted by Gasteiger charge is -2.22. The molecule has 1 aliphatic rings. The van der Waals surface area contributed by atoms with Crippen molar-refractivity contribution in [3.05, 3.63) is 64.2 Å². The smallest absolute Gasteiger partial charge is 0.258 e. The summed E-state index contributed by atoms with van der Waals surface area (Å²) in [5.74, 6) is 0.715. The molecule has 0 atom stereocenters. The van der Waals surface area contributed by atoms with Crippen LogP contribution in [-0.2, 0) is 5.88 Å². The Hall–Kier alpha value is -2.77. The molecule has 0 amide bonds. The van der Waals surface area contributed by atoms with Crippen molar-refractivity contribution in [3.63, 3.8) is 0 Å². The molecule has 0 unspecified atom stereocenters. The Bertz CT molecular complexity index is 1270. The van der Waals surface area contributed by atoms with E-state index in [0.717, 1.165) is 54.1 Å². The number of nitrogens with zero attached hydrogens (tertiary/aromatic N) is 5. The number of nitrogens with one attached hydrogen (secondary N) is 1. The number of piperidine rings is 1. The summed E-state index contributed by atoms with van der Waals surface area (Å²) < 4.78 is 3.53. The lowest BCUT2D eigenvalue weighted by Crippen LogP contribution is -2.27. The molecule has 8 heteroatoms. The quantitative estimate of drug-likeness (QED) is 0.527. The number of fused-ring (bicyclic) bond motifs is 2. The molecule has 7 nitrogen and oxygen atoms in total. The van der Waals surface area contributed by atoms with E-state index < -0.39 is 0 Å². The summed E-state index contributed by atoms with van der Waals surface area (Å²) in [4.78, 5) is 26.7. The van der Waals surface area contributed by atoms with Crippen molar-refractivity contribution in [2.45, 2.75) is 31.6 Å². The molecular weight excluding hydrogens is 388 g/mol. The molecule has 1 aliphatic heterocycles. The van der Waals surface area contributed by atoms with Gasteiger partial charge in [0.05, 0.1) is 29.2 Å². The van der Waals surface area contributed by atoms with Crippen molar-refractivity contribution in [1.82, 2.24) is 29.1 Å². The third-order valence-corrected chi connectivity index (χ3v) is 5.80. The van der Waals surface area contributed by atoms with Crippen LogP contribution in [0.1, 0.15) is 35.7 Å². The predicted octanol–water partition coefficient (Wildman–Crippen LogP) is 2.92. The summed E-state index contributed by atoms with van der Waals surface area (Å²) in [6.07, 6.45) is 9.48. The Labute approximate surface area is 172 Å². The van der Waals surface area contributed by atoms with Gasteiger partial charge in [0.25, 0.3) is 5.56 Å². The van der Waals surface area contributed by atoms with Crippen LogP contribution in [0.2, 0.25) is 0 Å². The molecule has 4 aromatic heterocycles. The fraction of sp³-hybridized carbons (Fsp3) is 0.333. The Morgan fingerprint density at radius 1 is 1.17 bits per heavy atom. The highest BCUT2D eigenvalue weighted by Crippen LogP contribution is 2.25. The van der Waals surface area contributed by atoms with Gasteiger partial charge in [-0.2, -0.15) is 0 Å². The van der Waals surface area contributed by atoms with Crippen molar-refractivity contribution in [2.24, 2.45) is 0 Å². The van der Waals surface area contributed by atoms with Crippen LogP contribution in [-0.4, -0.2) is 36.8 Å². The molecule has 1 saturated heterocycles. The normalized spacial score (nSPS) is 15.4. The molecule has 0 radical (unpaired) electrons. The van der Waals surface area contributed by atoms with Gasteiger partial charge in [-0.1, -0.05) is 0 Å². The van der Waals surface area contributed by atoms with E-state index in [4.69, 9.17) is 16.6 Å². The zero-order chi connectivity index (χ0) is 20.0. The Kier molecular flexibility index (Phi) is 4.56. The molecule has 5 rings (SSSR count). The van der Waals surface area contributed by atoms with Crippen molar-refractivity contribution < 1.29 is 0 Å². The van der Waals surface area contributed by atoms with Gasteiger partial charge in [0.2, 0.25) is 0 Å². The summed E-state index contributed by atoms with van der Waals surface area (Å²) in [6, 6.07) is 3.52. The molecule has 4 aromatic rings. The fourth-order valence-electron chi connectivity index (χ4n) is 4.03. The highest BCUT2D eigenvalue weighted by Gasteiger charge is 2.18. The van der Waals surface area contributed by atoms with Gasteiger partial charge >= 0.3 is 0 Å². The second kappa shape index (κ2) is 7.24. The van der Waals surface area contributed by atoms with Crippen LogP contribution in [0.15, 0.2) is 41.7 Å². The van der Waals surface area contributed by atoms with Gasteiger partial charge in [-0.25, -0.2) is 9.97 Å². The number of rotatable bonds is 3. The van der Waals surface area contributed by atoms with E-state index in [1.54, 1.807) is 16.7 Å². The Balaban J connectivity index is 1.61. The number of aryl methyl sites for hydroxylation is 1. The van der Waals surface area contributed by atoms with E-state index in [2.05, 4.69) is 15.3 Å². The number of pyridine rings is 1. The first kappa shape index (κ1) is 18.3. The van der Waals surface area contributed by atoms with Crippen molar-refractivity contribution in [3.8, 4) is 11.3 Å². The topological polar surface area (TPSA) is 76.6 Å². The van der Waals surface area contributed by atoms with Gasteiger partial charge in [-0.3, -0.25) is 14.2 Å². The summed E-state index contributed by atoms with van der Waals surface area (Å²) >= 11 is 6.14. The predicted molar refractivity (Wildman–Crippen MR) is 113 cm³/mol. The Morgan fingerprint density at radius 3 is 2.79 bits per heavy atom. The van der Waals surface area contributed by atoms with Gasteiger partial charge in [0.1, 0.15) is 5.65 Å². The van der Waals surface area contributed by atoms with E-state index in [9.17, 15) is 4.79 Å². The first-order valence-electron chi connectivity index (χ1n) is 9.77. The highest BCUT2D eigenvalue weighted by molar-refractivity contribution is 6.17. The van der Waals surface area contributed by atoms with Crippen LogP contribution < -0.4 is 10.9 Å². The summed E-state index contributed by atoms with van der Waals surface area (Å²) in [5.41, 5.74) is 5.45. The number of imidazole rings is 1. The van der Waals surface area contributed by atoms with E-state index in [1.165, 1.54) is 0 Å². The SMILES string of the molecule is Cc1cn2cc(-c3cc(=O)n4cc(C5CCNCC5)ncc4n3)cc(CCl)c2n1. The van der Waals surface area contributed by atoms with Gasteiger partial charge in [-0.05, 0) is 38.9 Å². The molecule has 0 spiro atoms. The van der Waals surface area contributed by atoms with Gasteiger partial charge in [-0.15, -0.1) is 11.6 Å². The number of hydrogen-bond donors (Lipinski definition) is 1. The van der Waals surface area contributed by atoms with Gasteiger partial charge in [0.15, 0.2) is 5.65 Å². The molecule has 1 fully saturated rings. The third kappa shape index (κ3) is 3.30. The molecule has 5 heterocycles. The average molecular weight is 409 g/mol. The molecule has 0 bridgehead atoms. The zero-order valence-corrected chi connectivity index (χ0v) is 16.9. The maximum absolute atomic E-state index is 12.9. The average Bonchev–Trinajstić information content (AvgIpc) is 3.13. The van der Waals surface area contributed by atoms with Crippen LogP contribution in [0.4, 0.5) is 0 Å². The first-order chi connectivity index (χ1) is 14.1. The number of aromatic nitrogens is 5. The molecule has 0 aliphatic carbocycles. The second-order valence-electron chi connectivity index (χ2n) is 7.55. The minimum absolute atomic E-state index is 0.114. The zero-order valence-electron chi connectivity index (χ0n) is 16.1. The highest BCUT2D eigenvalue weighted by atomic mass is 35.5. The van der Waals surface area contributed by atoms with E-state index in [0.29, 0.717) is 23.1 Å². The van der Waals surface area contributed by atoms with E-state index >= 15 is 0 Å². The third-order valence-electron chi connectivity index (χ3n) is 5.51. The van der Waals surface area contributed by atoms with Crippen molar-refractivity contribution in [1.29, 1.82) is 0 Å². The monoisotopic (exact) mass is 408 g/mol. The van der Waals surface area contributed by atoms with Crippen LogP contribution in [0.3, 0.4) is 0 Å². The lowest BCUT2D eigenvalue weighted by atomic mass is 9.95. The van der Waals surface area contributed by atoms with Crippen LogP contribution >= 0.6 is 11.6 Å². The molecule has 1 N–H and O–H groups in total. The van der Waals surface area contributed by atoms with Gasteiger partial charge < -0.3 is 9.72 Å². The van der Waals surface area contributed by atoms with Crippen molar-refractivity contribution in [2.75, 3.05) is 13.1 Å². The van der Waals surface area contributed by atoms with Crippen LogP contribution in [0.5, 0.6) is 0 Å². The molecule has 0 saturated carbocycles. The maximum atomic E-state index is 12.9. The minimum Gasteiger partial charge on any atom is -0.317 e. The van der Waals surface area contributed by atoms with Gasteiger partial charge in [0, 0.05) is 41.7 Å². The van der Waals surface area contributed by atoms with Crippen LogP contribution in [0.25, 0.3) is 22.6 Å². The second-order valence-corrected chi connectivity index (χ2v) is 7.81. The minimum atomic E-state index is -0.114. The summed E-state index contributed by atoms with van der Waals surface area (Å²) in [5, 5.41) is 3.36. The molecule has 0 aromatic carbocycles.